The molecule has 112 valence electrons. The zero-order chi connectivity index (χ0) is 15.2. The third-order valence-electron chi connectivity index (χ3n) is 3.24. The van der Waals surface area contributed by atoms with Crippen LogP contribution in [0.2, 0.25) is 0 Å². The van der Waals surface area contributed by atoms with E-state index in [9.17, 15) is 4.79 Å². The molecule has 0 saturated heterocycles. The molecule has 2 N–H and O–H groups in total. The van der Waals surface area contributed by atoms with Gasteiger partial charge in [0.15, 0.2) is 0 Å². The molecule has 0 bridgehead atoms. The summed E-state index contributed by atoms with van der Waals surface area (Å²) in [6, 6.07) is 11.3. The quantitative estimate of drug-likeness (QED) is 0.753. The molecule has 3 heterocycles. The van der Waals surface area contributed by atoms with Gasteiger partial charge >= 0.3 is 6.03 Å². The van der Waals surface area contributed by atoms with E-state index in [2.05, 4.69) is 20.6 Å². The van der Waals surface area contributed by atoms with Crippen LogP contribution in [0.4, 0.5) is 4.79 Å². The number of pyridine rings is 2. The van der Waals surface area contributed by atoms with E-state index in [-0.39, 0.29) is 6.03 Å². The van der Waals surface area contributed by atoms with Gasteiger partial charge in [-0.3, -0.25) is 4.98 Å². The maximum atomic E-state index is 11.7. The van der Waals surface area contributed by atoms with Gasteiger partial charge in [-0.15, -0.1) is 0 Å². The van der Waals surface area contributed by atoms with Crippen molar-refractivity contribution in [2.75, 3.05) is 6.54 Å². The number of nitrogens with zero attached hydrogens (tertiary/aromatic N) is 3. The van der Waals surface area contributed by atoms with E-state index in [0.717, 1.165) is 17.0 Å². The van der Waals surface area contributed by atoms with E-state index in [1.54, 1.807) is 6.20 Å². The van der Waals surface area contributed by atoms with Crippen molar-refractivity contribution in [1.29, 1.82) is 0 Å². The molecule has 0 atom stereocenters. The molecule has 0 fully saturated rings. The van der Waals surface area contributed by atoms with Gasteiger partial charge in [-0.25, -0.2) is 9.78 Å². The van der Waals surface area contributed by atoms with Gasteiger partial charge in [0.05, 0.1) is 17.9 Å². The largest absolute Gasteiger partial charge is 0.338 e. The van der Waals surface area contributed by atoms with Gasteiger partial charge in [-0.2, -0.15) is 0 Å². The molecule has 0 aliphatic heterocycles. The molecule has 2 amide bonds. The van der Waals surface area contributed by atoms with Gasteiger partial charge in [0.2, 0.25) is 0 Å². The average molecular weight is 295 g/mol. The number of carbonyl (C=O) groups excluding carboxylic acids is 1. The van der Waals surface area contributed by atoms with Crippen LogP contribution in [0.1, 0.15) is 11.4 Å². The predicted octanol–water partition coefficient (Wildman–Crippen LogP) is 1.77. The van der Waals surface area contributed by atoms with Crippen LogP contribution in [0.3, 0.4) is 0 Å². The van der Waals surface area contributed by atoms with E-state index in [4.69, 9.17) is 0 Å². The summed E-state index contributed by atoms with van der Waals surface area (Å²) in [5.74, 6) is 0. The molecule has 3 aromatic rings. The molecular weight excluding hydrogens is 278 g/mol. The monoisotopic (exact) mass is 295 g/mol. The summed E-state index contributed by atoms with van der Waals surface area (Å²) in [7, 11) is 0. The molecule has 0 radical (unpaired) electrons. The van der Waals surface area contributed by atoms with Crippen molar-refractivity contribution in [3.8, 4) is 0 Å². The van der Waals surface area contributed by atoms with Crippen molar-refractivity contribution >= 4 is 11.7 Å². The average Bonchev–Trinajstić information content (AvgIpc) is 2.96. The third kappa shape index (κ3) is 3.60. The smallest absolute Gasteiger partial charge is 0.315 e. The lowest BCUT2D eigenvalue weighted by atomic mass is 10.3. The summed E-state index contributed by atoms with van der Waals surface area (Å²) >= 11 is 0. The van der Waals surface area contributed by atoms with Crippen LogP contribution in [-0.4, -0.2) is 26.9 Å². The van der Waals surface area contributed by atoms with Gasteiger partial charge < -0.3 is 15.0 Å². The van der Waals surface area contributed by atoms with E-state index in [0.29, 0.717) is 19.5 Å². The van der Waals surface area contributed by atoms with Gasteiger partial charge in [0.25, 0.3) is 0 Å². The minimum Gasteiger partial charge on any atom is -0.338 e. The Labute approximate surface area is 128 Å². The standard InChI is InChI=1S/C16H17N5O/c22-16(19-11-13-5-1-3-8-17-13)18-9-7-14-12-21-10-4-2-6-15(21)20-14/h1-6,8,10,12H,7,9,11H2,(H2,18,19,22). The van der Waals surface area contributed by atoms with Crippen LogP contribution < -0.4 is 10.6 Å². The lowest BCUT2D eigenvalue weighted by molar-refractivity contribution is 0.240. The van der Waals surface area contributed by atoms with Gasteiger partial charge in [-0.1, -0.05) is 12.1 Å². The fraction of sp³-hybridized carbons (Fsp3) is 0.188. The van der Waals surface area contributed by atoms with Crippen molar-refractivity contribution in [3.63, 3.8) is 0 Å². The summed E-state index contributed by atoms with van der Waals surface area (Å²) in [5.41, 5.74) is 2.70. The number of imidazole rings is 1. The molecule has 3 aromatic heterocycles. The highest BCUT2D eigenvalue weighted by Crippen LogP contribution is 2.04. The number of amides is 2. The Kier molecular flexibility index (Phi) is 4.29. The molecule has 0 aromatic carbocycles. The molecule has 0 unspecified atom stereocenters. The topological polar surface area (TPSA) is 71.3 Å². The van der Waals surface area contributed by atoms with Crippen LogP contribution in [-0.2, 0) is 13.0 Å². The second-order valence-electron chi connectivity index (χ2n) is 4.88. The van der Waals surface area contributed by atoms with Crippen LogP contribution in [0.5, 0.6) is 0 Å². The number of hydrogen-bond donors (Lipinski definition) is 2. The molecule has 0 spiro atoms. The fourth-order valence-corrected chi connectivity index (χ4v) is 2.15. The Balaban J connectivity index is 1.43. The molecule has 0 aliphatic rings. The highest BCUT2D eigenvalue weighted by molar-refractivity contribution is 5.73. The molecule has 3 rings (SSSR count). The molecular formula is C16H17N5O. The van der Waals surface area contributed by atoms with E-state index in [1.807, 2.05) is 53.2 Å². The molecule has 6 heteroatoms. The Bertz CT molecular complexity index is 720. The first-order valence-electron chi connectivity index (χ1n) is 7.15. The normalized spacial score (nSPS) is 10.5. The number of fused-ring (bicyclic) bond motifs is 1. The summed E-state index contributed by atoms with van der Waals surface area (Å²) in [5, 5.41) is 5.59. The first-order valence-corrected chi connectivity index (χ1v) is 7.15. The lowest BCUT2D eigenvalue weighted by Crippen LogP contribution is -2.36. The maximum Gasteiger partial charge on any atom is 0.315 e. The second-order valence-corrected chi connectivity index (χ2v) is 4.88. The lowest BCUT2D eigenvalue weighted by Gasteiger charge is -2.06. The highest BCUT2D eigenvalue weighted by atomic mass is 16.2. The van der Waals surface area contributed by atoms with Gasteiger partial charge in [-0.05, 0) is 24.3 Å². The van der Waals surface area contributed by atoms with E-state index in [1.165, 1.54) is 0 Å². The first kappa shape index (κ1) is 14.1. The van der Waals surface area contributed by atoms with Crippen molar-refractivity contribution in [3.05, 3.63) is 66.4 Å². The zero-order valence-corrected chi connectivity index (χ0v) is 12.1. The first-order chi connectivity index (χ1) is 10.8. The van der Waals surface area contributed by atoms with Crippen molar-refractivity contribution < 1.29 is 4.79 Å². The number of hydrogen-bond acceptors (Lipinski definition) is 3. The number of aromatic nitrogens is 3. The highest BCUT2D eigenvalue weighted by Gasteiger charge is 2.03. The minimum absolute atomic E-state index is 0.200. The molecule has 22 heavy (non-hydrogen) atoms. The molecule has 0 aliphatic carbocycles. The van der Waals surface area contributed by atoms with Crippen LogP contribution in [0, 0.1) is 0 Å². The number of rotatable bonds is 5. The summed E-state index contributed by atoms with van der Waals surface area (Å²) in [4.78, 5) is 20.3. The Morgan fingerprint density at radius 1 is 1.09 bits per heavy atom. The van der Waals surface area contributed by atoms with Crippen LogP contribution >= 0.6 is 0 Å². The third-order valence-corrected chi connectivity index (χ3v) is 3.24. The summed E-state index contributed by atoms with van der Waals surface area (Å²) in [6.07, 6.45) is 6.33. The Morgan fingerprint density at radius 2 is 2.00 bits per heavy atom. The van der Waals surface area contributed by atoms with Gasteiger partial charge in [0, 0.05) is 31.6 Å². The number of urea groups is 1. The van der Waals surface area contributed by atoms with E-state index >= 15 is 0 Å². The van der Waals surface area contributed by atoms with Gasteiger partial charge in [0.1, 0.15) is 5.65 Å². The number of nitrogens with one attached hydrogen (secondary N) is 2. The van der Waals surface area contributed by atoms with Crippen molar-refractivity contribution in [1.82, 2.24) is 25.0 Å². The fourth-order valence-electron chi connectivity index (χ4n) is 2.15. The minimum atomic E-state index is -0.200. The Hall–Kier alpha value is -2.89. The maximum absolute atomic E-state index is 11.7. The van der Waals surface area contributed by atoms with Crippen LogP contribution in [0.15, 0.2) is 55.0 Å². The SMILES string of the molecule is O=C(NCCc1cn2ccccc2n1)NCc1ccccn1. The predicted molar refractivity (Wildman–Crippen MR) is 83.4 cm³/mol. The zero-order valence-electron chi connectivity index (χ0n) is 12.1. The molecule has 0 saturated carbocycles. The van der Waals surface area contributed by atoms with Crippen molar-refractivity contribution in [2.24, 2.45) is 0 Å². The van der Waals surface area contributed by atoms with E-state index < -0.39 is 0 Å². The summed E-state index contributed by atoms with van der Waals surface area (Å²) in [6.45, 7) is 0.957. The Morgan fingerprint density at radius 3 is 2.82 bits per heavy atom. The summed E-state index contributed by atoms with van der Waals surface area (Å²) < 4.78 is 1.97. The second kappa shape index (κ2) is 6.71. The molecule has 6 nitrogen and oxygen atoms in total. The van der Waals surface area contributed by atoms with Crippen molar-refractivity contribution in [2.45, 2.75) is 13.0 Å². The van der Waals surface area contributed by atoms with Crippen LogP contribution in [0.25, 0.3) is 5.65 Å². The number of carbonyl (C=O) groups is 1.